The van der Waals surface area contributed by atoms with Crippen molar-refractivity contribution in [2.75, 3.05) is 5.32 Å². The first-order chi connectivity index (χ1) is 9.24. The van der Waals surface area contributed by atoms with Crippen LogP contribution in [-0.2, 0) is 0 Å². The Kier molecular flexibility index (Phi) is 3.05. The largest absolute Gasteiger partial charge is 0.321 e. The summed E-state index contributed by atoms with van der Waals surface area (Å²) in [4.78, 5) is 13.0. The highest BCUT2D eigenvalue weighted by molar-refractivity contribution is 7.20. The lowest BCUT2D eigenvalue weighted by molar-refractivity contribution is 0.103. The summed E-state index contributed by atoms with van der Waals surface area (Å²) in [7, 11) is 0. The molecule has 1 aromatic heterocycles. The van der Waals surface area contributed by atoms with E-state index in [1.807, 2.05) is 61.5 Å². The van der Waals surface area contributed by atoms with Gasteiger partial charge in [-0.15, -0.1) is 11.3 Å². The summed E-state index contributed by atoms with van der Waals surface area (Å²) in [5.74, 6) is -0.0458. The SMILES string of the molecule is Cc1ccccc1NC(=O)c1cc2ccccc2s1. The number of thiophene rings is 1. The minimum atomic E-state index is -0.0458. The third kappa shape index (κ3) is 2.37. The van der Waals surface area contributed by atoms with Gasteiger partial charge in [-0.1, -0.05) is 36.4 Å². The van der Waals surface area contributed by atoms with Gasteiger partial charge in [0, 0.05) is 10.4 Å². The van der Waals surface area contributed by atoms with Crippen molar-refractivity contribution >= 4 is 33.0 Å². The third-order valence-corrected chi connectivity index (χ3v) is 4.16. The van der Waals surface area contributed by atoms with E-state index in [0.29, 0.717) is 0 Å². The standard InChI is InChI=1S/C16H13NOS/c1-11-6-2-4-8-13(11)17-16(18)15-10-12-7-3-5-9-14(12)19-15/h2-10H,1H3,(H,17,18). The van der Waals surface area contributed by atoms with E-state index < -0.39 is 0 Å². The molecule has 2 aromatic carbocycles. The molecule has 0 aliphatic carbocycles. The van der Waals surface area contributed by atoms with Crippen LogP contribution in [0.1, 0.15) is 15.2 Å². The highest BCUT2D eigenvalue weighted by Crippen LogP contribution is 2.26. The Morgan fingerprint density at radius 2 is 1.79 bits per heavy atom. The van der Waals surface area contributed by atoms with Crippen molar-refractivity contribution in [3.05, 3.63) is 65.0 Å². The zero-order valence-corrected chi connectivity index (χ0v) is 11.3. The van der Waals surface area contributed by atoms with E-state index in [4.69, 9.17) is 0 Å². The quantitative estimate of drug-likeness (QED) is 0.729. The molecule has 0 saturated heterocycles. The van der Waals surface area contributed by atoms with Crippen molar-refractivity contribution in [3.8, 4) is 0 Å². The van der Waals surface area contributed by atoms with Crippen LogP contribution in [0.2, 0.25) is 0 Å². The molecule has 0 radical (unpaired) electrons. The number of rotatable bonds is 2. The fourth-order valence-corrected chi connectivity index (χ4v) is 2.95. The van der Waals surface area contributed by atoms with Crippen LogP contribution in [-0.4, -0.2) is 5.91 Å². The molecule has 19 heavy (non-hydrogen) atoms. The molecule has 0 unspecified atom stereocenters. The average Bonchev–Trinajstić information content (AvgIpc) is 2.85. The summed E-state index contributed by atoms with van der Waals surface area (Å²) in [6.07, 6.45) is 0. The van der Waals surface area contributed by atoms with Crippen LogP contribution >= 0.6 is 11.3 Å². The number of hydrogen-bond donors (Lipinski definition) is 1. The van der Waals surface area contributed by atoms with Gasteiger partial charge in [0.2, 0.25) is 0 Å². The fraction of sp³-hybridized carbons (Fsp3) is 0.0625. The molecule has 0 saturated carbocycles. The second-order valence-electron chi connectivity index (χ2n) is 4.42. The number of nitrogens with one attached hydrogen (secondary N) is 1. The van der Waals surface area contributed by atoms with E-state index in [9.17, 15) is 4.79 Å². The van der Waals surface area contributed by atoms with Crippen molar-refractivity contribution in [1.29, 1.82) is 0 Å². The molecule has 0 aliphatic heterocycles. The molecule has 1 N–H and O–H groups in total. The highest BCUT2D eigenvalue weighted by Gasteiger charge is 2.10. The van der Waals surface area contributed by atoms with Gasteiger partial charge in [0.1, 0.15) is 0 Å². The van der Waals surface area contributed by atoms with Gasteiger partial charge >= 0.3 is 0 Å². The number of fused-ring (bicyclic) bond motifs is 1. The van der Waals surface area contributed by atoms with Crippen molar-refractivity contribution in [3.63, 3.8) is 0 Å². The second kappa shape index (κ2) is 4.86. The first-order valence-electron chi connectivity index (χ1n) is 6.09. The predicted octanol–water partition coefficient (Wildman–Crippen LogP) is 4.46. The number of anilines is 1. The van der Waals surface area contributed by atoms with Crippen LogP contribution in [0, 0.1) is 6.92 Å². The van der Waals surface area contributed by atoms with Gasteiger partial charge in [-0.05, 0) is 36.1 Å². The zero-order chi connectivity index (χ0) is 13.2. The summed E-state index contributed by atoms with van der Waals surface area (Å²) in [6.45, 7) is 1.99. The third-order valence-electron chi connectivity index (χ3n) is 3.04. The molecule has 3 aromatic rings. The predicted molar refractivity (Wildman–Crippen MR) is 81.0 cm³/mol. The smallest absolute Gasteiger partial charge is 0.265 e. The Hall–Kier alpha value is -2.13. The van der Waals surface area contributed by atoms with Gasteiger partial charge in [-0.3, -0.25) is 4.79 Å². The van der Waals surface area contributed by atoms with Gasteiger partial charge in [0.25, 0.3) is 5.91 Å². The number of benzene rings is 2. The first kappa shape index (κ1) is 11.9. The molecule has 2 nitrogen and oxygen atoms in total. The lowest BCUT2D eigenvalue weighted by atomic mass is 10.2. The van der Waals surface area contributed by atoms with Crippen LogP contribution < -0.4 is 5.32 Å². The minimum Gasteiger partial charge on any atom is -0.321 e. The molecule has 0 aliphatic rings. The van der Waals surface area contributed by atoms with Crippen molar-refractivity contribution in [2.24, 2.45) is 0 Å². The Morgan fingerprint density at radius 1 is 1.05 bits per heavy atom. The second-order valence-corrected chi connectivity index (χ2v) is 5.50. The van der Waals surface area contributed by atoms with E-state index in [0.717, 1.165) is 26.2 Å². The number of amides is 1. The topological polar surface area (TPSA) is 29.1 Å². The van der Waals surface area contributed by atoms with E-state index in [-0.39, 0.29) is 5.91 Å². The van der Waals surface area contributed by atoms with Crippen molar-refractivity contribution < 1.29 is 4.79 Å². The lowest BCUT2D eigenvalue weighted by Gasteiger charge is -2.06. The maximum Gasteiger partial charge on any atom is 0.265 e. The van der Waals surface area contributed by atoms with Crippen LogP contribution in [0.15, 0.2) is 54.6 Å². The summed E-state index contributed by atoms with van der Waals surface area (Å²) in [5, 5.41) is 4.07. The number of carbonyl (C=O) groups is 1. The summed E-state index contributed by atoms with van der Waals surface area (Å²) in [5.41, 5.74) is 1.93. The lowest BCUT2D eigenvalue weighted by Crippen LogP contribution is -2.10. The van der Waals surface area contributed by atoms with E-state index in [1.165, 1.54) is 11.3 Å². The van der Waals surface area contributed by atoms with Crippen LogP contribution in [0.3, 0.4) is 0 Å². The number of hydrogen-bond acceptors (Lipinski definition) is 2. The Morgan fingerprint density at radius 3 is 2.58 bits per heavy atom. The Labute approximate surface area is 115 Å². The molecular weight excluding hydrogens is 254 g/mol. The van der Waals surface area contributed by atoms with E-state index in [1.54, 1.807) is 0 Å². The molecule has 0 fully saturated rings. The van der Waals surface area contributed by atoms with Gasteiger partial charge in [0.05, 0.1) is 4.88 Å². The van der Waals surface area contributed by atoms with Gasteiger partial charge in [-0.25, -0.2) is 0 Å². The summed E-state index contributed by atoms with van der Waals surface area (Å²) in [6, 6.07) is 17.8. The molecule has 0 bridgehead atoms. The molecular formula is C16H13NOS. The molecule has 0 spiro atoms. The van der Waals surface area contributed by atoms with Crippen LogP contribution in [0.5, 0.6) is 0 Å². The normalized spacial score (nSPS) is 10.6. The fourth-order valence-electron chi connectivity index (χ4n) is 1.99. The minimum absolute atomic E-state index is 0.0458. The molecule has 3 rings (SSSR count). The number of aryl methyl sites for hydroxylation is 1. The number of para-hydroxylation sites is 1. The van der Waals surface area contributed by atoms with Crippen molar-refractivity contribution in [1.82, 2.24) is 0 Å². The van der Waals surface area contributed by atoms with E-state index >= 15 is 0 Å². The maximum absolute atomic E-state index is 12.2. The monoisotopic (exact) mass is 267 g/mol. The highest BCUT2D eigenvalue weighted by atomic mass is 32.1. The summed E-state index contributed by atoms with van der Waals surface area (Å²) < 4.78 is 1.14. The zero-order valence-electron chi connectivity index (χ0n) is 10.5. The Balaban J connectivity index is 1.90. The summed E-state index contributed by atoms with van der Waals surface area (Å²) >= 11 is 1.52. The molecule has 3 heteroatoms. The molecule has 0 atom stereocenters. The maximum atomic E-state index is 12.2. The molecule has 1 amide bonds. The molecule has 94 valence electrons. The van der Waals surface area contributed by atoms with Gasteiger partial charge in [-0.2, -0.15) is 0 Å². The average molecular weight is 267 g/mol. The Bertz CT molecular complexity index is 712. The molecule has 1 heterocycles. The van der Waals surface area contributed by atoms with Gasteiger partial charge in [0.15, 0.2) is 0 Å². The van der Waals surface area contributed by atoms with Crippen LogP contribution in [0.4, 0.5) is 5.69 Å². The van der Waals surface area contributed by atoms with Gasteiger partial charge < -0.3 is 5.32 Å². The van der Waals surface area contributed by atoms with Crippen molar-refractivity contribution in [2.45, 2.75) is 6.92 Å². The van der Waals surface area contributed by atoms with Crippen LogP contribution in [0.25, 0.3) is 10.1 Å². The number of carbonyl (C=O) groups excluding carboxylic acids is 1. The van der Waals surface area contributed by atoms with E-state index in [2.05, 4.69) is 5.32 Å². The first-order valence-corrected chi connectivity index (χ1v) is 6.91.